The Kier molecular flexibility index (Phi) is 5.33. The Morgan fingerprint density at radius 3 is 2.78 bits per heavy atom. The van der Waals surface area contributed by atoms with E-state index in [2.05, 4.69) is 5.32 Å². The van der Waals surface area contributed by atoms with Crippen molar-refractivity contribution in [3.8, 4) is 0 Å². The molecule has 2 rings (SSSR count). The van der Waals surface area contributed by atoms with Gasteiger partial charge in [0, 0.05) is 31.6 Å². The lowest BCUT2D eigenvalue weighted by molar-refractivity contribution is -0.135. The standard InChI is InChI=1S/C13H24N2O2S/c14-10-13(4-6-17-7-5-13)12(16)15-9-11-3-1-2-8-18-11/h11H,1-10,14H2,(H,15,16). The minimum atomic E-state index is -0.377. The number of hydrogen-bond acceptors (Lipinski definition) is 4. The van der Waals surface area contributed by atoms with E-state index in [0.717, 1.165) is 19.4 Å². The maximum atomic E-state index is 12.3. The van der Waals surface area contributed by atoms with Crippen LogP contribution in [0.15, 0.2) is 0 Å². The summed E-state index contributed by atoms with van der Waals surface area (Å²) >= 11 is 1.99. The fraction of sp³-hybridized carbons (Fsp3) is 0.923. The van der Waals surface area contributed by atoms with E-state index in [0.29, 0.717) is 25.0 Å². The molecule has 1 unspecified atom stereocenters. The van der Waals surface area contributed by atoms with E-state index >= 15 is 0 Å². The average Bonchev–Trinajstić information content (AvgIpc) is 2.46. The molecule has 1 atom stereocenters. The van der Waals surface area contributed by atoms with E-state index in [1.807, 2.05) is 11.8 Å². The van der Waals surface area contributed by atoms with Gasteiger partial charge in [0.1, 0.15) is 0 Å². The first kappa shape index (κ1) is 14.2. The van der Waals surface area contributed by atoms with E-state index in [-0.39, 0.29) is 11.3 Å². The molecule has 2 fully saturated rings. The second kappa shape index (κ2) is 6.78. The van der Waals surface area contributed by atoms with Gasteiger partial charge < -0.3 is 15.8 Å². The third kappa shape index (κ3) is 3.39. The molecule has 2 aliphatic heterocycles. The molecule has 5 heteroatoms. The Balaban J connectivity index is 1.81. The number of thioether (sulfide) groups is 1. The predicted molar refractivity (Wildman–Crippen MR) is 74.6 cm³/mol. The van der Waals surface area contributed by atoms with Gasteiger partial charge in [0.15, 0.2) is 0 Å². The van der Waals surface area contributed by atoms with Crippen LogP contribution in [0.4, 0.5) is 0 Å². The lowest BCUT2D eigenvalue weighted by atomic mass is 9.79. The Morgan fingerprint density at radius 1 is 1.39 bits per heavy atom. The fourth-order valence-corrected chi connectivity index (χ4v) is 3.89. The van der Waals surface area contributed by atoms with Gasteiger partial charge in [0.2, 0.25) is 5.91 Å². The second-order valence-corrected chi connectivity index (χ2v) is 6.70. The summed E-state index contributed by atoms with van der Waals surface area (Å²) in [5.74, 6) is 1.37. The van der Waals surface area contributed by atoms with Gasteiger partial charge >= 0.3 is 0 Å². The molecule has 0 aromatic heterocycles. The van der Waals surface area contributed by atoms with Crippen LogP contribution in [-0.2, 0) is 9.53 Å². The quantitative estimate of drug-likeness (QED) is 0.805. The van der Waals surface area contributed by atoms with Crippen LogP contribution in [0.1, 0.15) is 32.1 Å². The van der Waals surface area contributed by atoms with E-state index in [1.165, 1.54) is 25.0 Å². The van der Waals surface area contributed by atoms with Crippen LogP contribution in [0.5, 0.6) is 0 Å². The molecule has 0 aromatic rings. The molecular weight excluding hydrogens is 248 g/mol. The Bertz CT molecular complexity index is 274. The smallest absolute Gasteiger partial charge is 0.227 e. The summed E-state index contributed by atoms with van der Waals surface area (Å²) in [5, 5.41) is 3.71. The maximum Gasteiger partial charge on any atom is 0.227 e. The van der Waals surface area contributed by atoms with Crippen LogP contribution in [-0.4, -0.2) is 43.2 Å². The molecular formula is C13H24N2O2S. The highest BCUT2D eigenvalue weighted by Crippen LogP contribution is 2.30. The number of nitrogens with two attached hydrogens (primary N) is 1. The van der Waals surface area contributed by atoms with Crippen LogP contribution in [0.2, 0.25) is 0 Å². The van der Waals surface area contributed by atoms with Gasteiger partial charge in [-0.05, 0) is 31.4 Å². The largest absolute Gasteiger partial charge is 0.381 e. The molecule has 104 valence electrons. The minimum absolute atomic E-state index is 0.138. The van der Waals surface area contributed by atoms with Crippen molar-refractivity contribution in [3.63, 3.8) is 0 Å². The topological polar surface area (TPSA) is 64.4 Å². The van der Waals surface area contributed by atoms with Crippen molar-refractivity contribution >= 4 is 17.7 Å². The van der Waals surface area contributed by atoms with Crippen molar-refractivity contribution in [2.45, 2.75) is 37.4 Å². The third-order valence-corrected chi connectivity index (χ3v) is 5.48. The molecule has 0 radical (unpaired) electrons. The highest BCUT2D eigenvalue weighted by molar-refractivity contribution is 7.99. The molecule has 4 nitrogen and oxygen atoms in total. The normalized spacial score (nSPS) is 27.7. The highest BCUT2D eigenvalue weighted by Gasteiger charge is 2.38. The van der Waals surface area contributed by atoms with Gasteiger partial charge in [0.25, 0.3) is 0 Å². The first-order valence-corrected chi connectivity index (χ1v) is 7.99. The van der Waals surface area contributed by atoms with E-state index < -0.39 is 0 Å². The van der Waals surface area contributed by atoms with E-state index in [9.17, 15) is 4.79 Å². The molecule has 0 aliphatic carbocycles. The van der Waals surface area contributed by atoms with Crippen LogP contribution < -0.4 is 11.1 Å². The number of rotatable bonds is 4. The summed E-state index contributed by atoms with van der Waals surface area (Å²) in [5.41, 5.74) is 5.45. The Labute approximate surface area is 113 Å². The van der Waals surface area contributed by atoms with Gasteiger partial charge in [0.05, 0.1) is 5.41 Å². The molecule has 3 N–H and O–H groups in total. The first-order valence-electron chi connectivity index (χ1n) is 6.94. The summed E-state index contributed by atoms with van der Waals surface area (Å²) in [7, 11) is 0. The Hall–Kier alpha value is -0.260. The zero-order valence-corrected chi connectivity index (χ0v) is 11.8. The van der Waals surface area contributed by atoms with Crippen molar-refractivity contribution in [3.05, 3.63) is 0 Å². The summed E-state index contributed by atoms with van der Waals surface area (Å²) in [6, 6.07) is 0. The molecule has 0 bridgehead atoms. The average molecular weight is 272 g/mol. The summed E-state index contributed by atoms with van der Waals surface area (Å²) in [4.78, 5) is 12.3. The summed E-state index contributed by atoms with van der Waals surface area (Å²) < 4.78 is 5.33. The van der Waals surface area contributed by atoms with Crippen LogP contribution in [0.25, 0.3) is 0 Å². The van der Waals surface area contributed by atoms with Gasteiger partial charge in [-0.3, -0.25) is 4.79 Å². The second-order valence-electron chi connectivity index (χ2n) is 5.30. The van der Waals surface area contributed by atoms with Gasteiger partial charge in [-0.15, -0.1) is 0 Å². The van der Waals surface area contributed by atoms with Gasteiger partial charge in [-0.25, -0.2) is 0 Å². The lowest BCUT2D eigenvalue weighted by Gasteiger charge is -2.35. The van der Waals surface area contributed by atoms with Crippen molar-refractivity contribution in [2.75, 3.05) is 32.1 Å². The third-order valence-electron chi connectivity index (χ3n) is 4.09. The summed E-state index contributed by atoms with van der Waals surface area (Å²) in [6.45, 7) is 2.54. The molecule has 2 heterocycles. The highest BCUT2D eigenvalue weighted by atomic mass is 32.2. The maximum absolute atomic E-state index is 12.3. The van der Waals surface area contributed by atoms with Crippen molar-refractivity contribution in [2.24, 2.45) is 11.1 Å². The van der Waals surface area contributed by atoms with Crippen molar-refractivity contribution < 1.29 is 9.53 Å². The van der Waals surface area contributed by atoms with Crippen molar-refractivity contribution in [1.82, 2.24) is 5.32 Å². The van der Waals surface area contributed by atoms with E-state index in [1.54, 1.807) is 0 Å². The van der Waals surface area contributed by atoms with E-state index in [4.69, 9.17) is 10.5 Å². The number of carbonyl (C=O) groups is 1. The Morgan fingerprint density at radius 2 is 2.17 bits per heavy atom. The number of carbonyl (C=O) groups excluding carboxylic acids is 1. The van der Waals surface area contributed by atoms with Crippen molar-refractivity contribution in [1.29, 1.82) is 0 Å². The number of hydrogen-bond donors (Lipinski definition) is 2. The fourth-order valence-electron chi connectivity index (χ4n) is 2.65. The molecule has 2 aliphatic rings. The molecule has 0 spiro atoms. The summed E-state index contributed by atoms with van der Waals surface area (Å²) in [6.07, 6.45) is 5.35. The number of ether oxygens (including phenoxy) is 1. The monoisotopic (exact) mass is 272 g/mol. The van der Waals surface area contributed by atoms with Crippen LogP contribution in [0.3, 0.4) is 0 Å². The minimum Gasteiger partial charge on any atom is -0.381 e. The molecule has 1 amide bonds. The van der Waals surface area contributed by atoms with Gasteiger partial charge in [-0.2, -0.15) is 11.8 Å². The number of amides is 1. The molecule has 2 saturated heterocycles. The zero-order valence-electron chi connectivity index (χ0n) is 11.0. The van der Waals surface area contributed by atoms with Crippen LogP contribution >= 0.6 is 11.8 Å². The van der Waals surface area contributed by atoms with Crippen LogP contribution in [0, 0.1) is 5.41 Å². The molecule has 0 saturated carbocycles. The lowest BCUT2D eigenvalue weighted by Crippen LogP contribution is -2.50. The molecule has 0 aromatic carbocycles. The van der Waals surface area contributed by atoms with Gasteiger partial charge in [-0.1, -0.05) is 6.42 Å². The first-order chi connectivity index (χ1) is 8.77. The zero-order chi connectivity index (χ0) is 12.8. The molecule has 18 heavy (non-hydrogen) atoms. The number of nitrogens with one attached hydrogen (secondary N) is 1. The SMILES string of the molecule is NCC1(C(=O)NCC2CCCCS2)CCOCC1. The predicted octanol–water partition coefficient (Wildman–Crippen LogP) is 1.14.